The molecule has 0 fully saturated rings. The third-order valence-electron chi connectivity index (χ3n) is 4.84. The number of nitrogens with one attached hydrogen (secondary N) is 2. The number of amides is 1. The van der Waals surface area contributed by atoms with Gasteiger partial charge >= 0.3 is 0 Å². The predicted octanol–water partition coefficient (Wildman–Crippen LogP) is 3.10. The Morgan fingerprint density at radius 3 is 2.47 bits per heavy atom. The summed E-state index contributed by atoms with van der Waals surface area (Å²) in [7, 11) is -3.66. The second-order valence-electron chi connectivity index (χ2n) is 8.50. The molecule has 0 saturated carbocycles. The van der Waals surface area contributed by atoms with E-state index in [1.807, 2.05) is 20.8 Å². The summed E-state index contributed by atoms with van der Waals surface area (Å²) in [5, 5.41) is 6.79. The van der Waals surface area contributed by atoms with E-state index in [0.717, 1.165) is 5.56 Å². The van der Waals surface area contributed by atoms with E-state index < -0.39 is 16.1 Å². The number of rotatable bonds is 4. The number of nitrogens with zero attached hydrogens (tertiary/aromatic N) is 3. The summed E-state index contributed by atoms with van der Waals surface area (Å²) in [4.78, 5) is 21.5. The third kappa shape index (κ3) is 4.26. The number of aromatic nitrogens is 2. The SMILES string of the molecule is C[C@H](N=C1NS(=O)(=O)c2ccccc21)C(=O)Nc1ccc(-c2noc(C(C)(C)C)n2)cc1. The summed E-state index contributed by atoms with van der Waals surface area (Å²) in [5.41, 5.74) is 1.53. The summed E-state index contributed by atoms with van der Waals surface area (Å²) < 4.78 is 32.1. The Hall–Kier alpha value is -3.53. The van der Waals surface area contributed by atoms with Crippen molar-refractivity contribution in [3.05, 3.63) is 60.0 Å². The van der Waals surface area contributed by atoms with Gasteiger partial charge in [0.15, 0.2) is 0 Å². The average Bonchev–Trinajstić information content (AvgIpc) is 3.33. The first-order valence-electron chi connectivity index (χ1n) is 10.00. The van der Waals surface area contributed by atoms with Crippen LogP contribution in [0.5, 0.6) is 0 Å². The fraction of sp³-hybridized carbons (Fsp3) is 0.273. The van der Waals surface area contributed by atoms with Gasteiger partial charge in [0.05, 0.1) is 4.90 Å². The van der Waals surface area contributed by atoms with Crippen LogP contribution < -0.4 is 10.0 Å². The van der Waals surface area contributed by atoms with Crippen LogP contribution in [0.2, 0.25) is 0 Å². The van der Waals surface area contributed by atoms with E-state index in [1.54, 1.807) is 49.4 Å². The Balaban J connectivity index is 1.46. The molecule has 1 aromatic heterocycles. The lowest BCUT2D eigenvalue weighted by Crippen LogP contribution is -2.28. The Morgan fingerprint density at radius 2 is 1.81 bits per heavy atom. The van der Waals surface area contributed by atoms with Crippen LogP contribution in [0.3, 0.4) is 0 Å². The number of anilines is 1. The van der Waals surface area contributed by atoms with Crippen LogP contribution in [-0.2, 0) is 20.2 Å². The Labute approximate surface area is 186 Å². The number of hydrogen-bond donors (Lipinski definition) is 2. The van der Waals surface area contributed by atoms with Gasteiger partial charge in [-0.05, 0) is 43.3 Å². The van der Waals surface area contributed by atoms with E-state index in [2.05, 4.69) is 25.2 Å². The third-order valence-corrected chi connectivity index (χ3v) is 6.24. The second kappa shape index (κ2) is 7.86. The average molecular weight is 454 g/mol. The zero-order valence-electron chi connectivity index (χ0n) is 18.1. The normalized spacial score (nSPS) is 16.9. The van der Waals surface area contributed by atoms with Crippen LogP contribution in [0, 0.1) is 0 Å². The van der Waals surface area contributed by atoms with Gasteiger partial charge in [-0.2, -0.15) is 4.98 Å². The zero-order valence-corrected chi connectivity index (χ0v) is 18.9. The molecular formula is C22H23N5O4S. The Kier molecular flexibility index (Phi) is 5.33. The number of carbonyl (C=O) groups excluding carboxylic acids is 1. The first-order chi connectivity index (χ1) is 15.0. The summed E-state index contributed by atoms with van der Waals surface area (Å²) >= 11 is 0. The first kappa shape index (κ1) is 21.7. The lowest BCUT2D eigenvalue weighted by molar-refractivity contribution is -0.117. The second-order valence-corrected chi connectivity index (χ2v) is 10.1. The Morgan fingerprint density at radius 1 is 1.12 bits per heavy atom. The van der Waals surface area contributed by atoms with Crippen LogP contribution in [0.25, 0.3) is 11.4 Å². The molecule has 0 aliphatic carbocycles. The number of aliphatic imine (C=N–C) groups is 1. The topological polar surface area (TPSA) is 127 Å². The molecule has 9 nitrogen and oxygen atoms in total. The molecule has 2 N–H and O–H groups in total. The smallest absolute Gasteiger partial charge is 0.263 e. The van der Waals surface area contributed by atoms with E-state index in [-0.39, 0.29) is 22.1 Å². The molecule has 0 bridgehead atoms. The van der Waals surface area contributed by atoms with Gasteiger partial charge in [-0.15, -0.1) is 0 Å². The molecule has 1 aliphatic rings. The minimum absolute atomic E-state index is 0.151. The maximum absolute atomic E-state index is 12.6. The molecule has 2 heterocycles. The summed E-state index contributed by atoms with van der Waals surface area (Å²) in [6.07, 6.45) is 0. The van der Waals surface area contributed by atoms with Crippen molar-refractivity contribution in [3.63, 3.8) is 0 Å². The molecule has 166 valence electrons. The predicted molar refractivity (Wildman–Crippen MR) is 120 cm³/mol. The monoisotopic (exact) mass is 453 g/mol. The lowest BCUT2D eigenvalue weighted by Gasteiger charge is -2.10. The maximum Gasteiger partial charge on any atom is 0.263 e. The van der Waals surface area contributed by atoms with Crippen LogP contribution in [0.4, 0.5) is 5.69 Å². The van der Waals surface area contributed by atoms with Crippen molar-refractivity contribution in [3.8, 4) is 11.4 Å². The van der Waals surface area contributed by atoms with Gasteiger partial charge in [0.25, 0.3) is 10.0 Å². The van der Waals surface area contributed by atoms with Gasteiger partial charge in [0.1, 0.15) is 11.9 Å². The highest BCUT2D eigenvalue weighted by molar-refractivity contribution is 7.90. The van der Waals surface area contributed by atoms with E-state index in [0.29, 0.717) is 23.0 Å². The number of sulfonamides is 1. The molecule has 32 heavy (non-hydrogen) atoms. The molecule has 0 saturated heterocycles. The fourth-order valence-electron chi connectivity index (χ4n) is 3.08. The van der Waals surface area contributed by atoms with Crippen LogP contribution >= 0.6 is 0 Å². The summed E-state index contributed by atoms with van der Waals surface area (Å²) in [6, 6.07) is 12.7. The molecule has 10 heteroatoms. The highest BCUT2D eigenvalue weighted by Crippen LogP contribution is 2.25. The molecular weight excluding hydrogens is 430 g/mol. The summed E-state index contributed by atoms with van der Waals surface area (Å²) in [5.74, 6) is 0.801. The van der Waals surface area contributed by atoms with Crippen molar-refractivity contribution in [2.45, 2.75) is 44.0 Å². The van der Waals surface area contributed by atoms with Crippen LogP contribution in [0.15, 0.2) is 62.9 Å². The molecule has 1 amide bonds. The molecule has 4 rings (SSSR count). The van der Waals surface area contributed by atoms with Gasteiger partial charge in [-0.3, -0.25) is 14.5 Å². The number of carbonyl (C=O) groups is 1. The highest BCUT2D eigenvalue weighted by Gasteiger charge is 2.31. The summed E-state index contributed by atoms with van der Waals surface area (Å²) in [6.45, 7) is 7.56. The van der Waals surface area contributed by atoms with E-state index in [9.17, 15) is 13.2 Å². The standard InChI is InChI=1S/C22H23N5O4S/c1-13(23-19-16-7-5-6-8-17(16)32(29,30)27-19)20(28)24-15-11-9-14(10-12-15)18-25-21(31-26-18)22(2,3)4/h5-13H,1-4H3,(H,23,27)(H,24,28)/t13-/m0/s1. The van der Waals surface area contributed by atoms with Gasteiger partial charge in [-0.1, -0.05) is 38.1 Å². The zero-order chi connectivity index (χ0) is 23.1. The minimum atomic E-state index is -3.66. The quantitative estimate of drug-likeness (QED) is 0.625. The number of benzene rings is 2. The van der Waals surface area contributed by atoms with Gasteiger partial charge in [0.2, 0.25) is 17.6 Å². The van der Waals surface area contributed by atoms with Crippen molar-refractivity contribution in [1.29, 1.82) is 0 Å². The van der Waals surface area contributed by atoms with Gasteiger partial charge in [-0.25, -0.2) is 8.42 Å². The Bertz CT molecular complexity index is 1300. The number of amidine groups is 1. The van der Waals surface area contributed by atoms with Crippen molar-refractivity contribution in [1.82, 2.24) is 14.9 Å². The first-order valence-corrected chi connectivity index (χ1v) is 11.5. The van der Waals surface area contributed by atoms with E-state index in [4.69, 9.17) is 4.52 Å². The molecule has 3 aromatic rings. The number of hydrogen-bond acceptors (Lipinski definition) is 7. The van der Waals surface area contributed by atoms with Crippen molar-refractivity contribution in [2.24, 2.45) is 4.99 Å². The largest absolute Gasteiger partial charge is 0.338 e. The maximum atomic E-state index is 12.6. The van der Waals surface area contributed by atoms with Crippen LogP contribution in [-0.4, -0.2) is 36.3 Å². The molecule has 1 atom stereocenters. The van der Waals surface area contributed by atoms with E-state index in [1.165, 1.54) is 6.07 Å². The van der Waals surface area contributed by atoms with E-state index >= 15 is 0 Å². The molecule has 0 radical (unpaired) electrons. The molecule has 0 spiro atoms. The number of fused-ring (bicyclic) bond motifs is 1. The van der Waals surface area contributed by atoms with Crippen molar-refractivity contribution < 1.29 is 17.7 Å². The molecule has 1 aliphatic heterocycles. The lowest BCUT2D eigenvalue weighted by atomic mass is 9.97. The fourth-order valence-corrected chi connectivity index (χ4v) is 4.32. The molecule has 2 aromatic carbocycles. The van der Waals surface area contributed by atoms with Crippen molar-refractivity contribution in [2.75, 3.05) is 5.32 Å². The van der Waals surface area contributed by atoms with Gasteiger partial charge < -0.3 is 9.84 Å². The highest BCUT2D eigenvalue weighted by atomic mass is 32.2. The van der Waals surface area contributed by atoms with Gasteiger partial charge in [0, 0.05) is 22.2 Å². The van der Waals surface area contributed by atoms with Crippen LogP contribution in [0.1, 0.15) is 39.1 Å². The van der Waals surface area contributed by atoms with Crippen molar-refractivity contribution >= 4 is 27.5 Å². The minimum Gasteiger partial charge on any atom is -0.338 e. The molecule has 0 unspecified atom stereocenters.